The molecule has 8 heteroatoms. The molecule has 4 heterocycles. The predicted molar refractivity (Wildman–Crippen MR) is 121 cm³/mol. The van der Waals surface area contributed by atoms with Gasteiger partial charge in [-0.05, 0) is 30.3 Å². The van der Waals surface area contributed by atoms with Gasteiger partial charge in [0.05, 0.1) is 23.3 Å². The van der Waals surface area contributed by atoms with Gasteiger partial charge in [0, 0.05) is 63.8 Å². The van der Waals surface area contributed by atoms with E-state index in [-0.39, 0.29) is 5.56 Å². The van der Waals surface area contributed by atoms with Crippen LogP contribution in [0.3, 0.4) is 0 Å². The third-order valence-electron chi connectivity index (χ3n) is 5.87. The maximum absolute atomic E-state index is 12.3. The van der Waals surface area contributed by atoms with Gasteiger partial charge in [0.15, 0.2) is 0 Å². The van der Waals surface area contributed by atoms with Crippen molar-refractivity contribution in [2.45, 2.75) is 6.54 Å². The highest BCUT2D eigenvalue weighted by Gasteiger charge is 2.21. The minimum Gasteiger partial charge on any atom is -0.340 e. The molecule has 3 aromatic heterocycles. The molecule has 31 heavy (non-hydrogen) atoms. The number of hydrogen-bond acceptors (Lipinski definition) is 6. The molecule has 0 spiro atoms. The van der Waals surface area contributed by atoms with Crippen molar-refractivity contribution in [3.63, 3.8) is 0 Å². The fraction of sp³-hybridized carbons (Fsp3) is 0.304. The first-order chi connectivity index (χ1) is 15.2. The Hall–Kier alpha value is -3.52. The second-order valence-electron chi connectivity index (χ2n) is 7.81. The molecule has 1 aliphatic heterocycles. The average Bonchev–Trinajstić information content (AvgIpc) is 3.16. The standard InChI is InChI=1S/C23H25N7O/c1-27-21-7-3-2-6-20(21)25-23(27)29-14-11-28(12-15-29)13-16-30-22(31)9-8-19(26-30)18-5-4-10-24-17-18/h2-10,17H,11-16H2,1H3. The SMILES string of the molecule is Cn1c(N2CCN(CCn3nc(-c4cccnc4)ccc3=O)CC2)nc2ccccc21. The summed E-state index contributed by atoms with van der Waals surface area (Å²) in [6.07, 6.45) is 3.49. The van der Waals surface area contributed by atoms with Crippen LogP contribution in [-0.2, 0) is 13.6 Å². The van der Waals surface area contributed by atoms with E-state index < -0.39 is 0 Å². The van der Waals surface area contributed by atoms with Crippen molar-refractivity contribution in [3.8, 4) is 11.3 Å². The van der Waals surface area contributed by atoms with Crippen LogP contribution in [0.1, 0.15) is 0 Å². The van der Waals surface area contributed by atoms with E-state index in [1.165, 1.54) is 0 Å². The first-order valence-corrected chi connectivity index (χ1v) is 10.6. The summed E-state index contributed by atoms with van der Waals surface area (Å²) in [6.45, 7) is 5.05. The second kappa shape index (κ2) is 8.31. The Morgan fingerprint density at radius 3 is 2.55 bits per heavy atom. The number of pyridine rings is 1. The molecule has 1 fully saturated rings. The van der Waals surface area contributed by atoms with E-state index in [0.29, 0.717) is 6.54 Å². The Labute approximate surface area is 180 Å². The van der Waals surface area contributed by atoms with E-state index in [1.807, 2.05) is 24.3 Å². The van der Waals surface area contributed by atoms with E-state index in [0.717, 1.165) is 61.0 Å². The lowest BCUT2D eigenvalue weighted by atomic mass is 10.2. The molecule has 1 aromatic carbocycles. The van der Waals surface area contributed by atoms with Gasteiger partial charge in [0.25, 0.3) is 5.56 Å². The topological polar surface area (TPSA) is 72.1 Å². The van der Waals surface area contributed by atoms with Crippen molar-refractivity contribution in [1.82, 2.24) is 29.2 Å². The van der Waals surface area contributed by atoms with Crippen LogP contribution in [0.15, 0.2) is 65.7 Å². The van der Waals surface area contributed by atoms with E-state index in [2.05, 4.69) is 43.6 Å². The van der Waals surface area contributed by atoms with Crippen molar-refractivity contribution >= 4 is 17.0 Å². The molecule has 5 rings (SSSR count). The quantitative estimate of drug-likeness (QED) is 0.497. The number of aryl methyl sites for hydroxylation is 1. The molecule has 0 N–H and O–H groups in total. The summed E-state index contributed by atoms with van der Waals surface area (Å²) >= 11 is 0. The Morgan fingerprint density at radius 1 is 0.935 bits per heavy atom. The maximum Gasteiger partial charge on any atom is 0.266 e. The Bertz CT molecular complexity index is 1240. The van der Waals surface area contributed by atoms with Gasteiger partial charge < -0.3 is 9.47 Å². The Balaban J connectivity index is 1.22. The molecular weight excluding hydrogens is 390 g/mol. The number of nitrogens with zero attached hydrogens (tertiary/aromatic N) is 7. The van der Waals surface area contributed by atoms with Gasteiger partial charge >= 0.3 is 0 Å². The monoisotopic (exact) mass is 415 g/mol. The molecule has 0 bridgehead atoms. The van der Waals surface area contributed by atoms with Crippen LogP contribution >= 0.6 is 0 Å². The van der Waals surface area contributed by atoms with Gasteiger partial charge in [0.2, 0.25) is 5.95 Å². The van der Waals surface area contributed by atoms with Gasteiger partial charge in [0.1, 0.15) is 0 Å². The van der Waals surface area contributed by atoms with Gasteiger partial charge in [-0.25, -0.2) is 9.67 Å². The van der Waals surface area contributed by atoms with Crippen LogP contribution in [-0.4, -0.2) is 61.9 Å². The lowest BCUT2D eigenvalue weighted by Crippen LogP contribution is -2.48. The van der Waals surface area contributed by atoms with Crippen LogP contribution < -0.4 is 10.5 Å². The van der Waals surface area contributed by atoms with Crippen molar-refractivity contribution in [2.75, 3.05) is 37.6 Å². The summed E-state index contributed by atoms with van der Waals surface area (Å²) in [7, 11) is 2.07. The molecule has 0 saturated carbocycles. The first-order valence-electron chi connectivity index (χ1n) is 10.6. The van der Waals surface area contributed by atoms with E-state index in [4.69, 9.17) is 4.98 Å². The molecule has 1 saturated heterocycles. The number of anilines is 1. The van der Waals surface area contributed by atoms with Crippen molar-refractivity contribution in [2.24, 2.45) is 7.05 Å². The number of benzene rings is 1. The van der Waals surface area contributed by atoms with Gasteiger partial charge in [-0.1, -0.05) is 12.1 Å². The van der Waals surface area contributed by atoms with Gasteiger partial charge in [-0.15, -0.1) is 0 Å². The number of fused-ring (bicyclic) bond motifs is 1. The summed E-state index contributed by atoms with van der Waals surface area (Å²) in [5.74, 6) is 1.02. The number of hydrogen-bond donors (Lipinski definition) is 0. The molecule has 0 aliphatic carbocycles. The number of piperazine rings is 1. The zero-order valence-electron chi connectivity index (χ0n) is 17.6. The number of imidazole rings is 1. The minimum atomic E-state index is -0.0778. The van der Waals surface area contributed by atoms with E-state index in [9.17, 15) is 4.79 Å². The minimum absolute atomic E-state index is 0.0778. The second-order valence-corrected chi connectivity index (χ2v) is 7.81. The molecule has 0 unspecified atom stereocenters. The predicted octanol–water partition coefficient (Wildman–Crippen LogP) is 2.01. The normalized spacial score (nSPS) is 14.9. The Kier molecular flexibility index (Phi) is 5.21. The largest absolute Gasteiger partial charge is 0.340 e. The highest BCUT2D eigenvalue weighted by atomic mass is 16.1. The van der Waals surface area contributed by atoms with Crippen molar-refractivity contribution < 1.29 is 0 Å². The van der Waals surface area contributed by atoms with E-state index in [1.54, 1.807) is 29.2 Å². The Morgan fingerprint density at radius 2 is 1.77 bits per heavy atom. The molecule has 0 amide bonds. The lowest BCUT2D eigenvalue weighted by molar-refractivity contribution is 0.241. The highest BCUT2D eigenvalue weighted by Crippen LogP contribution is 2.22. The maximum atomic E-state index is 12.3. The molecule has 158 valence electrons. The highest BCUT2D eigenvalue weighted by molar-refractivity contribution is 5.78. The number of para-hydroxylation sites is 2. The van der Waals surface area contributed by atoms with Crippen LogP contribution in [0, 0.1) is 0 Å². The molecule has 0 atom stereocenters. The lowest BCUT2D eigenvalue weighted by Gasteiger charge is -2.35. The average molecular weight is 416 g/mol. The zero-order chi connectivity index (χ0) is 21.2. The summed E-state index contributed by atoms with van der Waals surface area (Å²) in [5.41, 5.74) is 3.78. The van der Waals surface area contributed by atoms with Crippen LogP contribution in [0.5, 0.6) is 0 Å². The molecule has 1 aliphatic rings. The molecule has 8 nitrogen and oxygen atoms in total. The van der Waals surface area contributed by atoms with Crippen LogP contribution in [0.25, 0.3) is 22.3 Å². The third-order valence-corrected chi connectivity index (χ3v) is 5.87. The zero-order valence-corrected chi connectivity index (χ0v) is 17.6. The fourth-order valence-corrected chi connectivity index (χ4v) is 4.10. The number of aromatic nitrogens is 5. The van der Waals surface area contributed by atoms with Crippen LogP contribution in [0.4, 0.5) is 5.95 Å². The summed E-state index contributed by atoms with van der Waals surface area (Å²) in [6, 6.07) is 15.4. The molecular formula is C23H25N7O. The molecule has 4 aromatic rings. The van der Waals surface area contributed by atoms with Gasteiger partial charge in [-0.3, -0.25) is 14.7 Å². The van der Waals surface area contributed by atoms with Crippen molar-refractivity contribution in [3.05, 3.63) is 71.3 Å². The summed E-state index contributed by atoms with van der Waals surface area (Å²) in [5, 5.41) is 4.54. The fourth-order valence-electron chi connectivity index (χ4n) is 4.10. The summed E-state index contributed by atoms with van der Waals surface area (Å²) < 4.78 is 3.72. The van der Waals surface area contributed by atoms with Crippen LogP contribution in [0.2, 0.25) is 0 Å². The van der Waals surface area contributed by atoms with Gasteiger partial charge in [-0.2, -0.15) is 5.10 Å². The third kappa shape index (κ3) is 3.94. The van der Waals surface area contributed by atoms with Crippen molar-refractivity contribution in [1.29, 1.82) is 0 Å². The smallest absolute Gasteiger partial charge is 0.266 e. The summed E-state index contributed by atoms with van der Waals surface area (Å²) in [4.78, 5) is 26.0. The first kappa shape index (κ1) is 19.4. The molecule has 0 radical (unpaired) electrons. The number of rotatable bonds is 5. The van der Waals surface area contributed by atoms with E-state index >= 15 is 0 Å².